The zero-order valence-corrected chi connectivity index (χ0v) is 15.3. The van der Waals surface area contributed by atoms with Gasteiger partial charge >= 0.3 is 0 Å². The first kappa shape index (κ1) is 17.3. The van der Waals surface area contributed by atoms with E-state index in [1.807, 2.05) is 38.1 Å². The Hall–Kier alpha value is -2.53. The molecule has 0 radical (unpaired) electrons. The second-order valence-corrected chi connectivity index (χ2v) is 6.89. The molecule has 2 aromatic rings. The second-order valence-electron chi connectivity index (χ2n) is 5.88. The molecule has 1 aliphatic rings. The molecule has 1 heterocycles. The van der Waals surface area contributed by atoms with Gasteiger partial charge in [-0.15, -0.1) is 0 Å². The molecule has 4 nitrogen and oxygen atoms in total. The van der Waals surface area contributed by atoms with Crippen molar-refractivity contribution in [3.63, 3.8) is 0 Å². The van der Waals surface area contributed by atoms with E-state index in [-0.39, 0.29) is 11.7 Å². The highest BCUT2D eigenvalue weighted by molar-refractivity contribution is 8.18. The number of carbonyl (C=O) groups is 1. The lowest BCUT2D eigenvalue weighted by molar-refractivity contribution is -0.122. The van der Waals surface area contributed by atoms with Gasteiger partial charge in [-0.2, -0.15) is 0 Å². The number of amidine groups is 1. The number of phenolic OH excluding ortho intramolecular Hbond substituents is 1. The van der Waals surface area contributed by atoms with Crippen LogP contribution in [0.25, 0.3) is 6.08 Å². The third kappa shape index (κ3) is 3.61. The number of hydrogen-bond acceptors (Lipinski definition) is 4. The summed E-state index contributed by atoms with van der Waals surface area (Å²) in [5.74, 6) is 0.0735. The Morgan fingerprint density at radius 3 is 2.60 bits per heavy atom. The van der Waals surface area contributed by atoms with Crippen LogP contribution >= 0.6 is 11.8 Å². The minimum absolute atomic E-state index is 0.0849. The van der Waals surface area contributed by atoms with Crippen LogP contribution in [0.3, 0.4) is 0 Å². The highest BCUT2D eigenvalue weighted by Gasteiger charge is 2.32. The topological polar surface area (TPSA) is 52.9 Å². The van der Waals surface area contributed by atoms with Crippen molar-refractivity contribution in [2.75, 3.05) is 6.54 Å². The first-order chi connectivity index (χ1) is 12.0. The predicted molar refractivity (Wildman–Crippen MR) is 104 cm³/mol. The van der Waals surface area contributed by atoms with Crippen LogP contribution in [0, 0.1) is 13.8 Å². The lowest BCUT2D eigenvalue weighted by atomic mass is 10.1. The number of aromatic hydroxyl groups is 1. The van der Waals surface area contributed by atoms with Crippen molar-refractivity contribution in [1.29, 1.82) is 0 Å². The number of aliphatic imine (C=N–C) groups is 1. The Balaban J connectivity index is 1.96. The number of hydrogen-bond donors (Lipinski definition) is 1. The van der Waals surface area contributed by atoms with Gasteiger partial charge in [0, 0.05) is 12.1 Å². The van der Waals surface area contributed by atoms with Gasteiger partial charge in [-0.25, -0.2) is 4.99 Å². The van der Waals surface area contributed by atoms with Gasteiger partial charge in [0.05, 0.1) is 10.6 Å². The van der Waals surface area contributed by atoms with Crippen molar-refractivity contribution in [1.82, 2.24) is 4.90 Å². The summed E-state index contributed by atoms with van der Waals surface area (Å²) in [6.07, 6.45) is 1.72. The summed E-state index contributed by atoms with van der Waals surface area (Å²) in [7, 11) is 0. The molecule has 0 saturated carbocycles. The lowest BCUT2D eigenvalue weighted by Crippen LogP contribution is -2.28. The summed E-state index contributed by atoms with van der Waals surface area (Å²) in [4.78, 5) is 19.5. The monoisotopic (exact) mass is 352 g/mol. The van der Waals surface area contributed by atoms with Gasteiger partial charge in [-0.1, -0.05) is 24.3 Å². The molecule has 0 bridgehead atoms. The average Bonchev–Trinajstić information content (AvgIpc) is 2.88. The number of aryl methyl sites for hydroxylation is 2. The van der Waals surface area contributed by atoms with Gasteiger partial charge < -0.3 is 5.11 Å². The summed E-state index contributed by atoms with van der Waals surface area (Å²) in [5.41, 5.74) is 3.85. The number of thioether (sulfide) groups is 1. The quantitative estimate of drug-likeness (QED) is 0.819. The second kappa shape index (κ2) is 7.15. The van der Waals surface area contributed by atoms with Crippen molar-refractivity contribution in [2.24, 2.45) is 4.99 Å². The molecule has 25 heavy (non-hydrogen) atoms. The molecule has 128 valence electrons. The molecule has 1 aliphatic heterocycles. The molecular formula is C20H20N2O2S. The summed E-state index contributed by atoms with van der Waals surface area (Å²) >= 11 is 1.34. The number of rotatable bonds is 3. The Bertz CT molecular complexity index is 887. The SMILES string of the molecule is CCN1C(=O)/C(=C\c2ccccc2O)SC1=Nc1ccc(C)c(C)c1. The fourth-order valence-electron chi connectivity index (χ4n) is 2.53. The minimum Gasteiger partial charge on any atom is -0.507 e. The summed E-state index contributed by atoms with van der Waals surface area (Å²) in [6, 6.07) is 13.0. The zero-order chi connectivity index (χ0) is 18.0. The van der Waals surface area contributed by atoms with E-state index in [1.54, 1.807) is 29.2 Å². The molecule has 5 heteroatoms. The van der Waals surface area contributed by atoms with Crippen LogP contribution in [0.15, 0.2) is 52.4 Å². The van der Waals surface area contributed by atoms with E-state index < -0.39 is 0 Å². The van der Waals surface area contributed by atoms with E-state index in [9.17, 15) is 9.90 Å². The Kier molecular flexibility index (Phi) is 4.95. The smallest absolute Gasteiger partial charge is 0.266 e. The number of likely N-dealkylation sites (N-methyl/N-ethyl adjacent to an activating group) is 1. The zero-order valence-electron chi connectivity index (χ0n) is 14.5. The van der Waals surface area contributed by atoms with Crippen molar-refractivity contribution < 1.29 is 9.90 Å². The van der Waals surface area contributed by atoms with E-state index >= 15 is 0 Å². The summed E-state index contributed by atoms with van der Waals surface area (Å²) < 4.78 is 0. The molecule has 0 spiro atoms. The maximum atomic E-state index is 12.6. The number of para-hydroxylation sites is 1. The summed E-state index contributed by atoms with van der Waals surface area (Å²) in [6.45, 7) is 6.59. The molecule has 0 aliphatic carbocycles. The van der Waals surface area contributed by atoms with E-state index in [0.717, 1.165) is 5.69 Å². The number of carbonyl (C=O) groups excluding carboxylic acids is 1. The molecule has 2 aromatic carbocycles. The molecule has 0 unspecified atom stereocenters. The Labute approximate surface area is 151 Å². The lowest BCUT2D eigenvalue weighted by Gasteiger charge is -2.12. The van der Waals surface area contributed by atoms with Crippen molar-refractivity contribution >= 4 is 34.6 Å². The van der Waals surface area contributed by atoms with E-state index in [1.165, 1.54) is 22.9 Å². The Morgan fingerprint density at radius 2 is 1.92 bits per heavy atom. The predicted octanol–water partition coefficient (Wildman–Crippen LogP) is 4.63. The van der Waals surface area contributed by atoms with Crippen molar-refractivity contribution in [3.05, 3.63) is 64.1 Å². The van der Waals surface area contributed by atoms with Gasteiger partial charge in [0.1, 0.15) is 5.75 Å². The third-order valence-electron chi connectivity index (χ3n) is 4.14. The molecule has 1 amide bonds. The van der Waals surface area contributed by atoms with Crippen LogP contribution in [0.1, 0.15) is 23.6 Å². The standard InChI is InChI=1S/C20H20N2O2S/c1-4-22-19(24)18(12-15-7-5-6-8-17(15)23)25-20(22)21-16-10-9-13(2)14(3)11-16/h5-12,23H,4H2,1-3H3/b18-12+,21-20?. The van der Waals surface area contributed by atoms with Crippen molar-refractivity contribution in [3.8, 4) is 5.75 Å². The Morgan fingerprint density at radius 1 is 1.16 bits per heavy atom. The molecular weight excluding hydrogens is 332 g/mol. The summed E-state index contributed by atoms with van der Waals surface area (Å²) in [5, 5.41) is 10.6. The first-order valence-corrected chi connectivity index (χ1v) is 8.96. The van der Waals surface area contributed by atoms with Crippen LogP contribution in [0.5, 0.6) is 5.75 Å². The largest absolute Gasteiger partial charge is 0.507 e. The normalized spacial score (nSPS) is 17.7. The highest BCUT2D eigenvalue weighted by atomic mass is 32.2. The van der Waals surface area contributed by atoms with E-state index in [0.29, 0.717) is 22.2 Å². The molecule has 1 saturated heterocycles. The van der Waals surface area contributed by atoms with Gasteiger partial charge in [0.15, 0.2) is 5.17 Å². The fraction of sp³-hybridized carbons (Fsp3) is 0.200. The van der Waals surface area contributed by atoms with E-state index in [4.69, 9.17) is 0 Å². The minimum atomic E-state index is -0.0849. The number of benzene rings is 2. The van der Waals surface area contributed by atoms with Crippen LogP contribution < -0.4 is 0 Å². The highest BCUT2D eigenvalue weighted by Crippen LogP contribution is 2.35. The van der Waals surface area contributed by atoms with Crippen LogP contribution in [0.4, 0.5) is 5.69 Å². The third-order valence-corrected chi connectivity index (χ3v) is 5.15. The molecule has 0 atom stereocenters. The average molecular weight is 352 g/mol. The van der Waals surface area contributed by atoms with Crippen LogP contribution in [-0.2, 0) is 4.79 Å². The fourth-order valence-corrected chi connectivity index (χ4v) is 3.58. The number of amides is 1. The van der Waals surface area contributed by atoms with Gasteiger partial charge in [-0.05, 0) is 67.9 Å². The first-order valence-electron chi connectivity index (χ1n) is 8.15. The molecule has 0 aromatic heterocycles. The van der Waals surface area contributed by atoms with Crippen molar-refractivity contribution in [2.45, 2.75) is 20.8 Å². The molecule has 1 N–H and O–H groups in total. The molecule has 1 fully saturated rings. The van der Waals surface area contributed by atoms with Crippen LogP contribution in [-0.4, -0.2) is 27.6 Å². The van der Waals surface area contributed by atoms with E-state index in [2.05, 4.69) is 11.9 Å². The van der Waals surface area contributed by atoms with Gasteiger partial charge in [-0.3, -0.25) is 9.69 Å². The maximum absolute atomic E-state index is 12.6. The van der Waals surface area contributed by atoms with Gasteiger partial charge in [0.25, 0.3) is 5.91 Å². The van der Waals surface area contributed by atoms with Crippen LogP contribution in [0.2, 0.25) is 0 Å². The number of phenols is 1. The molecule has 3 rings (SSSR count). The number of nitrogens with zero attached hydrogens (tertiary/aromatic N) is 2. The van der Waals surface area contributed by atoms with Gasteiger partial charge in [0.2, 0.25) is 0 Å². The maximum Gasteiger partial charge on any atom is 0.266 e.